The maximum Gasteiger partial charge on any atom is 0.374 e. The third-order valence-corrected chi connectivity index (χ3v) is 4.40. The number of rotatable bonds is 7. The quantitative estimate of drug-likeness (QED) is 0.577. The minimum Gasteiger partial charge on any atom is -0.497 e. The summed E-state index contributed by atoms with van der Waals surface area (Å²) in [6.07, 6.45) is 0. The number of nitrogens with zero attached hydrogens (tertiary/aromatic N) is 1. The standard InChI is InChI=1S/C21H19ClN2O6/c1-24(11-19(25)23-15-4-3-5-16(10-15)28-2)20(26)12-29-21(27)18-9-13-8-14(22)6-7-17(13)30-18/h3-10H,11-12H2,1-2H3,(H,23,25). The van der Waals surface area contributed by atoms with Gasteiger partial charge in [0.2, 0.25) is 11.7 Å². The highest BCUT2D eigenvalue weighted by atomic mass is 35.5. The Bertz CT molecular complexity index is 1090. The molecule has 0 fully saturated rings. The molecule has 0 atom stereocenters. The number of hydrogen-bond donors (Lipinski definition) is 1. The molecular formula is C21H19ClN2O6. The van der Waals surface area contributed by atoms with E-state index in [4.69, 9.17) is 25.5 Å². The lowest BCUT2D eigenvalue weighted by Crippen LogP contribution is -2.37. The molecular weight excluding hydrogens is 412 g/mol. The second-order valence-corrected chi connectivity index (χ2v) is 6.84. The number of likely N-dealkylation sites (N-methyl/N-ethyl adjacent to an activating group) is 1. The lowest BCUT2D eigenvalue weighted by molar-refractivity contribution is -0.136. The molecule has 1 heterocycles. The first-order valence-corrected chi connectivity index (χ1v) is 9.27. The number of furan rings is 1. The van der Waals surface area contributed by atoms with Crippen LogP contribution in [0.5, 0.6) is 5.75 Å². The molecule has 2 aromatic carbocycles. The average Bonchev–Trinajstić information content (AvgIpc) is 3.15. The number of carbonyl (C=O) groups is 3. The highest BCUT2D eigenvalue weighted by Gasteiger charge is 2.18. The summed E-state index contributed by atoms with van der Waals surface area (Å²) in [6, 6.07) is 13.2. The number of methoxy groups -OCH3 is 1. The lowest BCUT2D eigenvalue weighted by atomic mass is 10.2. The summed E-state index contributed by atoms with van der Waals surface area (Å²) < 4.78 is 15.5. The lowest BCUT2D eigenvalue weighted by Gasteiger charge is -2.16. The molecule has 0 saturated heterocycles. The van der Waals surface area contributed by atoms with Crippen molar-refractivity contribution in [2.75, 3.05) is 32.6 Å². The monoisotopic (exact) mass is 430 g/mol. The van der Waals surface area contributed by atoms with Gasteiger partial charge in [0, 0.05) is 29.2 Å². The van der Waals surface area contributed by atoms with E-state index in [9.17, 15) is 14.4 Å². The number of benzene rings is 2. The van der Waals surface area contributed by atoms with Gasteiger partial charge < -0.3 is 24.1 Å². The van der Waals surface area contributed by atoms with Crippen LogP contribution in [0.15, 0.2) is 52.9 Å². The number of carbonyl (C=O) groups excluding carboxylic acids is 3. The molecule has 1 N–H and O–H groups in total. The maximum atomic E-state index is 12.2. The van der Waals surface area contributed by atoms with Crippen LogP contribution in [0, 0.1) is 0 Å². The Balaban J connectivity index is 1.50. The summed E-state index contributed by atoms with van der Waals surface area (Å²) in [7, 11) is 2.96. The molecule has 3 rings (SSSR count). The van der Waals surface area contributed by atoms with Gasteiger partial charge in [0.15, 0.2) is 6.61 Å². The molecule has 0 saturated carbocycles. The second-order valence-electron chi connectivity index (χ2n) is 6.40. The molecule has 0 radical (unpaired) electrons. The Morgan fingerprint density at radius 1 is 1.13 bits per heavy atom. The number of ether oxygens (including phenoxy) is 2. The molecule has 0 aliphatic rings. The summed E-state index contributed by atoms with van der Waals surface area (Å²) in [5.74, 6) is -1.18. The van der Waals surface area contributed by atoms with Gasteiger partial charge in [-0.2, -0.15) is 0 Å². The zero-order valence-corrected chi connectivity index (χ0v) is 17.1. The summed E-state index contributed by atoms with van der Waals surface area (Å²) >= 11 is 5.91. The molecule has 3 aromatic rings. The molecule has 30 heavy (non-hydrogen) atoms. The number of halogens is 1. The average molecular weight is 431 g/mol. The molecule has 0 unspecified atom stereocenters. The van der Waals surface area contributed by atoms with Crippen LogP contribution < -0.4 is 10.1 Å². The van der Waals surface area contributed by atoms with Gasteiger partial charge in [0.1, 0.15) is 11.3 Å². The number of hydrogen-bond acceptors (Lipinski definition) is 6. The van der Waals surface area contributed by atoms with Crippen LogP contribution in [-0.2, 0) is 14.3 Å². The number of esters is 1. The third-order valence-electron chi connectivity index (χ3n) is 4.17. The first-order valence-electron chi connectivity index (χ1n) is 8.90. The van der Waals surface area contributed by atoms with Gasteiger partial charge in [-0.1, -0.05) is 17.7 Å². The van der Waals surface area contributed by atoms with Gasteiger partial charge >= 0.3 is 5.97 Å². The Morgan fingerprint density at radius 2 is 1.93 bits per heavy atom. The summed E-state index contributed by atoms with van der Waals surface area (Å²) in [4.78, 5) is 37.6. The SMILES string of the molecule is COc1cccc(NC(=O)CN(C)C(=O)COC(=O)c2cc3cc(Cl)ccc3o2)c1. The zero-order chi connectivity index (χ0) is 21.7. The van der Waals surface area contributed by atoms with Gasteiger partial charge in [0.05, 0.1) is 13.7 Å². The summed E-state index contributed by atoms with van der Waals surface area (Å²) in [5, 5.41) is 3.82. The van der Waals surface area contributed by atoms with Crippen molar-refractivity contribution in [1.29, 1.82) is 0 Å². The molecule has 9 heteroatoms. The first kappa shape index (κ1) is 21.2. The number of anilines is 1. The van der Waals surface area contributed by atoms with Gasteiger partial charge in [0.25, 0.3) is 5.91 Å². The van der Waals surface area contributed by atoms with Gasteiger partial charge in [-0.05, 0) is 36.4 Å². The largest absolute Gasteiger partial charge is 0.497 e. The van der Waals surface area contributed by atoms with Crippen molar-refractivity contribution in [2.24, 2.45) is 0 Å². The number of amides is 2. The van der Waals surface area contributed by atoms with Crippen LogP contribution in [-0.4, -0.2) is 50.0 Å². The van der Waals surface area contributed by atoms with Crippen molar-refractivity contribution < 1.29 is 28.3 Å². The molecule has 0 aliphatic carbocycles. The topological polar surface area (TPSA) is 98.1 Å². The van der Waals surface area contributed by atoms with Crippen LogP contribution in [0.2, 0.25) is 5.02 Å². The molecule has 2 amide bonds. The van der Waals surface area contributed by atoms with Crippen LogP contribution in [0.4, 0.5) is 5.69 Å². The first-order chi connectivity index (χ1) is 14.4. The predicted molar refractivity (Wildman–Crippen MR) is 111 cm³/mol. The Hall–Kier alpha value is -3.52. The Kier molecular flexibility index (Phi) is 6.58. The van der Waals surface area contributed by atoms with E-state index in [0.29, 0.717) is 27.4 Å². The van der Waals surface area contributed by atoms with Crippen molar-refractivity contribution in [3.05, 3.63) is 59.3 Å². The Morgan fingerprint density at radius 3 is 2.70 bits per heavy atom. The van der Waals surface area contributed by atoms with Crippen LogP contribution >= 0.6 is 11.6 Å². The minimum atomic E-state index is -0.787. The molecule has 0 aliphatic heterocycles. The van der Waals surface area contributed by atoms with Crippen LogP contribution in [0.25, 0.3) is 11.0 Å². The Labute approximate surface area is 177 Å². The normalized spacial score (nSPS) is 10.5. The van der Waals surface area contributed by atoms with Crippen molar-refractivity contribution in [1.82, 2.24) is 4.90 Å². The fourth-order valence-corrected chi connectivity index (χ4v) is 2.81. The third kappa shape index (κ3) is 5.30. The van der Waals surface area contributed by atoms with E-state index in [1.807, 2.05) is 0 Å². The molecule has 156 valence electrons. The molecule has 1 aromatic heterocycles. The van der Waals surface area contributed by atoms with Crippen LogP contribution in [0.1, 0.15) is 10.6 Å². The van der Waals surface area contributed by atoms with Gasteiger partial charge in [-0.15, -0.1) is 0 Å². The highest BCUT2D eigenvalue weighted by Crippen LogP contribution is 2.23. The fraction of sp³-hybridized carbons (Fsp3) is 0.190. The van der Waals surface area contributed by atoms with E-state index in [1.54, 1.807) is 42.5 Å². The highest BCUT2D eigenvalue weighted by molar-refractivity contribution is 6.31. The van der Waals surface area contributed by atoms with Crippen molar-refractivity contribution >= 4 is 46.0 Å². The van der Waals surface area contributed by atoms with Crippen LogP contribution in [0.3, 0.4) is 0 Å². The molecule has 8 nitrogen and oxygen atoms in total. The van der Waals surface area contributed by atoms with E-state index in [1.165, 1.54) is 20.2 Å². The number of fused-ring (bicyclic) bond motifs is 1. The van der Waals surface area contributed by atoms with Gasteiger partial charge in [-0.3, -0.25) is 9.59 Å². The van der Waals surface area contributed by atoms with E-state index in [2.05, 4.69) is 5.32 Å². The molecule has 0 spiro atoms. The fourth-order valence-electron chi connectivity index (χ4n) is 2.63. The van der Waals surface area contributed by atoms with Crippen molar-refractivity contribution in [2.45, 2.75) is 0 Å². The maximum absolute atomic E-state index is 12.2. The zero-order valence-electron chi connectivity index (χ0n) is 16.3. The smallest absolute Gasteiger partial charge is 0.374 e. The predicted octanol–water partition coefficient (Wildman–Crippen LogP) is 3.35. The van der Waals surface area contributed by atoms with E-state index in [-0.39, 0.29) is 12.3 Å². The minimum absolute atomic E-state index is 0.0431. The van der Waals surface area contributed by atoms with E-state index < -0.39 is 24.4 Å². The molecule has 0 bridgehead atoms. The van der Waals surface area contributed by atoms with E-state index in [0.717, 1.165) is 4.90 Å². The summed E-state index contributed by atoms with van der Waals surface area (Å²) in [6.45, 7) is -0.740. The van der Waals surface area contributed by atoms with E-state index >= 15 is 0 Å². The van der Waals surface area contributed by atoms with Crippen molar-refractivity contribution in [3.8, 4) is 5.75 Å². The summed E-state index contributed by atoms with van der Waals surface area (Å²) in [5.41, 5.74) is 1.01. The van der Waals surface area contributed by atoms with Crippen molar-refractivity contribution in [3.63, 3.8) is 0 Å². The van der Waals surface area contributed by atoms with Gasteiger partial charge in [-0.25, -0.2) is 4.79 Å². The second kappa shape index (κ2) is 9.32. The number of nitrogens with one attached hydrogen (secondary N) is 1.